The van der Waals surface area contributed by atoms with Gasteiger partial charge >= 0.3 is 0 Å². The molecule has 0 saturated carbocycles. The lowest BCUT2D eigenvalue weighted by molar-refractivity contribution is 0.0929. The highest BCUT2D eigenvalue weighted by atomic mass is 16.2. The van der Waals surface area contributed by atoms with Gasteiger partial charge in [-0.1, -0.05) is 6.07 Å². The summed E-state index contributed by atoms with van der Waals surface area (Å²) in [4.78, 5) is 33.4. The second-order valence-electron chi connectivity index (χ2n) is 7.65. The van der Waals surface area contributed by atoms with Crippen LogP contribution in [0.25, 0.3) is 11.0 Å². The van der Waals surface area contributed by atoms with E-state index < -0.39 is 0 Å². The Hall–Kier alpha value is -3.09. The maximum Gasteiger partial charge on any atom is 0.289 e. The fourth-order valence-corrected chi connectivity index (χ4v) is 3.86. The van der Waals surface area contributed by atoms with E-state index in [0.717, 1.165) is 54.1 Å². The molecule has 150 valence electrons. The number of pyridine rings is 2. The summed E-state index contributed by atoms with van der Waals surface area (Å²) >= 11 is 0. The van der Waals surface area contributed by atoms with Gasteiger partial charge in [0.25, 0.3) is 5.91 Å². The average Bonchev–Trinajstić information content (AvgIpc) is 2.73. The molecule has 4 rings (SSSR count). The predicted molar refractivity (Wildman–Crippen MR) is 113 cm³/mol. The van der Waals surface area contributed by atoms with Gasteiger partial charge in [-0.2, -0.15) is 0 Å². The maximum absolute atomic E-state index is 13.0. The van der Waals surface area contributed by atoms with Crippen molar-refractivity contribution in [2.24, 2.45) is 0 Å². The molecular formula is C22H26N6O. The van der Waals surface area contributed by atoms with Crippen LogP contribution in [0.4, 0.5) is 5.82 Å². The highest BCUT2D eigenvalue weighted by Gasteiger charge is 2.23. The molecule has 7 heteroatoms. The van der Waals surface area contributed by atoms with Gasteiger partial charge in [-0.25, -0.2) is 15.0 Å². The molecule has 3 aromatic heterocycles. The zero-order valence-corrected chi connectivity index (χ0v) is 17.1. The Labute approximate surface area is 170 Å². The largest absolute Gasteiger partial charge is 0.356 e. The normalized spacial score (nSPS) is 15.3. The molecule has 1 aliphatic rings. The smallest absolute Gasteiger partial charge is 0.289 e. The molecule has 0 spiro atoms. The Balaban J connectivity index is 1.73. The molecule has 1 amide bonds. The van der Waals surface area contributed by atoms with E-state index in [-0.39, 0.29) is 17.8 Å². The maximum atomic E-state index is 13.0. The first kappa shape index (κ1) is 19.2. The molecule has 1 saturated heterocycles. The predicted octanol–water partition coefficient (Wildman–Crippen LogP) is 3.52. The molecule has 29 heavy (non-hydrogen) atoms. The lowest BCUT2D eigenvalue weighted by Crippen LogP contribution is -2.33. The summed E-state index contributed by atoms with van der Waals surface area (Å²) in [5.41, 5.74) is 3.34. The number of nitrogens with zero attached hydrogens (tertiary/aromatic N) is 5. The highest BCUT2D eigenvalue weighted by Crippen LogP contribution is 2.29. The van der Waals surface area contributed by atoms with Gasteiger partial charge in [-0.15, -0.1) is 0 Å². The van der Waals surface area contributed by atoms with Gasteiger partial charge in [-0.05, 0) is 63.8 Å². The van der Waals surface area contributed by atoms with Crippen molar-refractivity contribution in [1.29, 1.82) is 0 Å². The van der Waals surface area contributed by atoms with Crippen LogP contribution in [-0.4, -0.2) is 38.9 Å². The van der Waals surface area contributed by atoms with Crippen LogP contribution in [0, 0.1) is 13.8 Å². The van der Waals surface area contributed by atoms with Crippen molar-refractivity contribution in [3.8, 4) is 0 Å². The molecule has 7 nitrogen and oxygen atoms in total. The summed E-state index contributed by atoms with van der Waals surface area (Å²) in [5, 5.41) is 3.90. The van der Waals surface area contributed by atoms with Crippen molar-refractivity contribution < 1.29 is 4.79 Å². The summed E-state index contributed by atoms with van der Waals surface area (Å²) in [5.74, 6) is 0.651. The fourth-order valence-electron chi connectivity index (χ4n) is 3.86. The van der Waals surface area contributed by atoms with Crippen LogP contribution >= 0.6 is 0 Å². The third-order valence-corrected chi connectivity index (χ3v) is 5.31. The third kappa shape index (κ3) is 4.04. The van der Waals surface area contributed by atoms with Crippen molar-refractivity contribution in [1.82, 2.24) is 25.3 Å². The monoisotopic (exact) mass is 390 g/mol. The molecule has 1 aliphatic heterocycles. The zero-order chi connectivity index (χ0) is 20.4. The van der Waals surface area contributed by atoms with E-state index in [1.165, 1.54) is 6.42 Å². The topological polar surface area (TPSA) is 83.9 Å². The molecule has 0 aliphatic carbocycles. The Morgan fingerprint density at radius 2 is 1.90 bits per heavy atom. The minimum atomic E-state index is -0.315. The van der Waals surface area contributed by atoms with Gasteiger partial charge in [0.15, 0.2) is 5.65 Å². The molecule has 4 heterocycles. The number of aryl methyl sites for hydroxylation is 2. The molecule has 0 aromatic carbocycles. The number of carbonyl (C=O) groups is 1. The van der Waals surface area contributed by atoms with Crippen LogP contribution in [0.5, 0.6) is 0 Å². The molecular weight excluding hydrogens is 364 g/mol. The quantitative estimate of drug-likeness (QED) is 0.734. The van der Waals surface area contributed by atoms with Crippen LogP contribution < -0.4 is 10.2 Å². The summed E-state index contributed by atoms with van der Waals surface area (Å²) in [6.07, 6.45) is 5.20. The molecule has 0 unspecified atom stereocenters. The Kier molecular flexibility index (Phi) is 5.38. The van der Waals surface area contributed by atoms with Crippen molar-refractivity contribution in [3.63, 3.8) is 0 Å². The van der Waals surface area contributed by atoms with Gasteiger partial charge < -0.3 is 10.2 Å². The zero-order valence-electron chi connectivity index (χ0n) is 17.1. The lowest BCUT2D eigenvalue weighted by Gasteiger charge is -2.29. The number of piperidine rings is 1. The SMILES string of the molecule is Cc1cc(C)c2c(N3CCCCC3)nc(C(=O)N[C@H](C)c3ccccn3)nc2n1. The second kappa shape index (κ2) is 8.11. The minimum Gasteiger partial charge on any atom is -0.356 e. The van der Waals surface area contributed by atoms with E-state index in [1.807, 2.05) is 38.1 Å². The highest BCUT2D eigenvalue weighted by molar-refractivity contribution is 5.97. The summed E-state index contributed by atoms with van der Waals surface area (Å²) < 4.78 is 0. The van der Waals surface area contributed by atoms with Crippen molar-refractivity contribution in [3.05, 3.63) is 53.2 Å². The van der Waals surface area contributed by atoms with E-state index in [0.29, 0.717) is 5.65 Å². The Bertz CT molecular complexity index is 1030. The number of fused-ring (bicyclic) bond motifs is 1. The van der Waals surface area contributed by atoms with Crippen LogP contribution in [0.3, 0.4) is 0 Å². The molecule has 1 fully saturated rings. The second-order valence-corrected chi connectivity index (χ2v) is 7.65. The first-order valence-electron chi connectivity index (χ1n) is 10.2. The molecule has 0 radical (unpaired) electrons. The summed E-state index contributed by atoms with van der Waals surface area (Å²) in [6.45, 7) is 7.77. The van der Waals surface area contributed by atoms with Crippen LogP contribution in [0.2, 0.25) is 0 Å². The van der Waals surface area contributed by atoms with E-state index in [2.05, 4.69) is 32.1 Å². The molecule has 1 atom stereocenters. The van der Waals surface area contributed by atoms with E-state index in [9.17, 15) is 4.79 Å². The molecule has 0 bridgehead atoms. The Morgan fingerprint density at radius 3 is 2.62 bits per heavy atom. The third-order valence-electron chi connectivity index (χ3n) is 5.31. The van der Waals surface area contributed by atoms with Crippen molar-refractivity contribution in [2.75, 3.05) is 18.0 Å². The number of amides is 1. The number of carbonyl (C=O) groups excluding carboxylic acids is 1. The number of rotatable bonds is 4. The van der Waals surface area contributed by atoms with Gasteiger partial charge in [0.2, 0.25) is 5.82 Å². The number of nitrogens with one attached hydrogen (secondary N) is 1. The average molecular weight is 390 g/mol. The molecule has 3 aromatic rings. The van der Waals surface area contributed by atoms with Gasteiger partial charge in [0, 0.05) is 25.0 Å². The van der Waals surface area contributed by atoms with Crippen LogP contribution in [0.15, 0.2) is 30.5 Å². The first-order chi connectivity index (χ1) is 14.0. The number of hydrogen-bond acceptors (Lipinski definition) is 6. The van der Waals surface area contributed by atoms with Gasteiger partial charge in [-0.3, -0.25) is 9.78 Å². The van der Waals surface area contributed by atoms with Crippen molar-refractivity contribution in [2.45, 2.75) is 46.1 Å². The first-order valence-corrected chi connectivity index (χ1v) is 10.2. The fraction of sp³-hybridized carbons (Fsp3) is 0.409. The van der Waals surface area contributed by atoms with E-state index in [4.69, 9.17) is 4.98 Å². The van der Waals surface area contributed by atoms with Gasteiger partial charge in [0.05, 0.1) is 17.1 Å². The standard InChI is InChI=1S/C22H26N6O/c1-14-13-15(2)24-19-18(14)21(28-11-7-4-8-12-28)27-20(26-19)22(29)25-16(3)17-9-5-6-10-23-17/h5-6,9-10,13,16H,4,7-8,11-12H2,1-3H3,(H,25,29)/t16-/m1/s1. The molecule has 1 N–H and O–H groups in total. The lowest BCUT2D eigenvalue weighted by atomic mass is 10.1. The summed E-state index contributed by atoms with van der Waals surface area (Å²) in [6, 6.07) is 7.45. The van der Waals surface area contributed by atoms with E-state index >= 15 is 0 Å². The number of aromatic nitrogens is 4. The number of hydrogen-bond donors (Lipinski definition) is 1. The van der Waals surface area contributed by atoms with Crippen molar-refractivity contribution >= 4 is 22.8 Å². The van der Waals surface area contributed by atoms with Crippen LogP contribution in [-0.2, 0) is 0 Å². The summed E-state index contributed by atoms with van der Waals surface area (Å²) in [7, 11) is 0. The van der Waals surface area contributed by atoms with E-state index in [1.54, 1.807) is 6.20 Å². The Morgan fingerprint density at radius 1 is 1.10 bits per heavy atom. The van der Waals surface area contributed by atoms with Crippen LogP contribution in [0.1, 0.15) is 59.8 Å². The number of anilines is 1. The minimum absolute atomic E-state index is 0.151. The van der Waals surface area contributed by atoms with Gasteiger partial charge in [0.1, 0.15) is 5.82 Å².